The first kappa shape index (κ1) is 21.2. The second kappa shape index (κ2) is 10.3. The number of rotatable bonds is 9. The topological polar surface area (TPSA) is 61.8 Å². The number of hydrogen-bond acceptors (Lipinski definition) is 5. The van der Waals surface area contributed by atoms with Crippen LogP contribution in [0.5, 0.6) is 11.5 Å². The highest BCUT2D eigenvalue weighted by atomic mass is 19.1. The molecule has 0 aliphatic heterocycles. The van der Waals surface area contributed by atoms with Crippen LogP contribution in [-0.2, 0) is 9.53 Å². The lowest BCUT2D eigenvalue weighted by Crippen LogP contribution is -2.23. The van der Waals surface area contributed by atoms with Gasteiger partial charge in [0, 0.05) is 11.6 Å². The molecule has 0 unspecified atom stereocenters. The van der Waals surface area contributed by atoms with E-state index in [2.05, 4.69) is 0 Å². The number of ether oxygens (including phenoxy) is 3. The van der Waals surface area contributed by atoms with Crippen molar-refractivity contribution in [3.8, 4) is 11.5 Å². The number of hydrogen-bond donors (Lipinski definition) is 0. The number of benzene rings is 2. The van der Waals surface area contributed by atoms with E-state index in [9.17, 15) is 14.0 Å². The van der Waals surface area contributed by atoms with Crippen molar-refractivity contribution in [3.05, 3.63) is 65.5 Å². The van der Waals surface area contributed by atoms with Gasteiger partial charge in [-0.25, -0.2) is 9.18 Å². The number of Topliss-reactive ketones (excluding diaryl/α,β-unsaturated/α-hetero) is 1. The summed E-state index contributed by atoms with van der Waals surface area (Å²) in [5.74, 6) is -0.288. The standard InChI is InChI=1S/C22H23FO5/c1-4-26-19-12-6-16(14-20(19)27-5-2)7-13-21(24)28-15(3)22(25)17-8-10-18(23)11-9-17/h6-15H,4-5H2,1-3H3/b13-7+/t15-/m0/s1. The lowest BCUT2D eigenvalue weighted by atomic mass is 10.1. The van der Waals surface area contributed by atoms with Gasteiger partial charge in [0.05, 0.1) is 13.2 Å². The SMILES string of the molecule is CCOc1ccc(/C=C/C(=O)O[C@@H](C)C(=O)c2ccc(F)cc2)cc1OCC. The largest absolute Gasteiger partial charge is 0.490 e. The molecule has 0 fully saturated rings. The molecule has 0 radical (unpaired) electrons. The van der Waals surface area contributed by atoms with Crippen LogP contribution in [0, 0.1) is 5.82 Å². The molecule has 148 valence electrons. The zero-order chi connectivity index (χ0) is 20.5. The van der Waals surface area contributed by atoms with Crippen LogP contribution < -0.4 is 9.47 Å². The Labute approximate surface area is 163 Å². The lowest BCUT2D eigenvalue weighted by molar-refractivity contribution is -0.140. The van der Waals surface area contributed by atoms with Crippen LogP contribution in [0.3, 0.4) is 0 Å². The minimum Gasteiger partial charge on any atom is -0.490 e. The van der Waals surface area contributed by atoms with Crippen LogP contribution in [0.1, 0.15) is 36.7 Å². The van der Waals surface area contributed by atoms with Gasteiger partial charge in [-0.2, -0.15) is 0 Å². The normalized spacial score (nSPS) is 11.9. The van der Waals surface area contributed by atoms with E-state index in [1.54, 1.807) is 24.3 Å². The Morgan fingerprint density at radius 1 is 1.00 bits per heavy atom. The molecule has 0 N–H and O–H groups in total. The molecule has 0 bridgehead atoms. The monoisotopic (exact) mass is 386 g/mol. The molecular weight excluding hydrogens is 363 g/mol. The lowest BCUT2D eigenvalue weighted by Gasteiger charge is -2.12. The third-order valence-corrected chi connectivity index (χ3v) is 3.77. The predicted octanol–water partition coefficient (Wildman–Crippen LogP) is 4.45. The number of esters is 1. The molecule has 0 aliphatic carbocycles. The Kier molecular flexibility index (Phi) is 7.75. The molecule has 0 amide bonds. The molecule has 1 atom stereocenters. The van der Waals surface area contributed by atoms with Crippen molar-refractivity contribution >= 4 is 17.8 Å². The summed E-state index contributed by atoms with van der Waals surface area (Å²) in [6.45, 7) is 6.23. The molecule has 5 nitrogen and oxygen atoms in total. The molecule has 0 saturated carbocycles. The van der Waals surface area contributed by atoms with E-state index >= 15 is 0 Å². The number of carbonyl (C=O) groups is 2. The van der Waals surface area contributed by atoms with Crippen molar-refractivity contribution in [2.45, 2.75) is 26.9 Å². The smallest absolute Gasteiger partial charge is 0.331 e. The number of carbonyl (C=O) groups excluding carboxylic acids is 2. The van der Waals surface area contributed by atoms with Gasteiger partial charge in [-0.05, 0) is 68.8 Å². The van der Waals surface area contributed by atoms with Crippen LogP contribution in [0.4, 0.5) is 4.39 Å². The Morgan fingerprint density at radius 2 is 1.64 bits per heavy atom. The summed E-state index contributed by atoms with van der Waals surface area (Å²) in [6, 6.07) is 10.4. The fraction of sp³-hybridized carbons (Fsp3) is 0.273. The van der Waals surface area contributed by atoms with E-state index < -0.39 is 23.7 Å². The first-order valence-electron chi connectivity index (χ1n) is 9.02. The first-order chi connectivity index (χ1) is 13.4. The summed E-state index contributed by atoms with van der Waals surface area (Å²) in [5, 5.41) is 0. The van der Waals surface area contributed by atoms with Gasteiger partial charge in [0.1, 0.15) is 5.82 Å². The van der Waals surface area contributed by atoms with Crippen LogP contribution in [0.2, 0.25) is 0 Å². The van der Waals surface area contributed by atoms with Gasteiger partial charge in [0.2, 0.25) is 5.78 Å². The van der Waals surface area contributed by atoms with Crippen molar-refractivity contribution in [2.24, 2.45) is 0 Å². The van der Waals surface area contributed by atoms with Crippen LogP contribution in [0.15, 0.2) is 48.5 Å². The highest BCUT2D eigenvalue weighted by Crippen LogP contribution is 2.29. The third kappa shape index (κ3) is 5.94. The molecule has 0 heterocycles. The molecule has 28 heavy (non-hydrogen) atoms. The van der Waals surface area contributed by atoms with E-state index in [-0.39, 0.29) is 5.56 Å². The van der Waals surface area contributed by atoms with Gasteiger partial charge in [0.25, 0.3) is 0 Å². The van der Waals surface area contributed by atoms with Gasteiger partial charge in [-0.1, -0.05) is 6.07 Å². The van der Waals surface area contributed by atoms with Crippen molar-refractivity contribution in [1.29, 1.82) is 0 Å². The third-order valence-electron chi connectivity index (χ3n) is 3.77. The van der Waals surface area contributed by atoms with E-state index in [4.69, 9.17) is 14.2 Å². The molecule has 0 aromatic heterocycles. The zero-order valence-corrected chi connectivity index (χ0v) is 16.1. The molecular formula is C22H23FO5. The zero-order valence-electron chi connectivity index (χ0n) is 16.1. The highest BCUT2D eigenvalue weighted by Gasteiger charge is 2.18. The minimum atomic E-state index is -0.984. The average molecular weight is 386 g/mol. The number of ketones is 1. The van der Waals surface area contributed by atoms with E-state index in [1.165, 1.54) is 37.3 Å². The van der Waals surface area contributed by atoms with Gasteiger partial charge in [0.15, 0.2) is 17.6 Å². The Morgan fingerprint density at radius 3 is 2.29 bits per heavy atom. The Balaban J connectivity index is 2.01. The van der Waals surface area contributed by atoms with Crippen LogP contribution >= 0.6 is 0 Å². The van der Waals surface area contributed by atoms with E-state index in [0.717, 1.165) is 5.56 Å². The van der Waals surface area contributed by atoms with E-state index in [1.807, 2.05) is 13.8 Å². The van der Waals surface area contributed by atoms with Crippen LogP contribution in [0.25, 0.3) is 6.08 Å². The number of halogens is 1. The maximum absolute atomic E-state index is 12.9. The maximum atomic E-state index is 12.9. The van der Waals surface area contributed by atoms with Crippen molar-refractivity contribution in [3.63, 3.8) is 0 Å². The second-order valence-corrected chi connectivity index (χ2v) is 5.86. The second-order valence-electron chi connectivity index (χ2n) is 5.86. The van der Waals surface area contributed by atoms with Crippen LogP contribution in [-0.4, -0.2) is 31.1 Å². The Bertz CT molecular complexity index is 843. The van der Waals surface area contributed by atoms with E-state index in [0.29, 0.717) is 24.7 Å². The predicted molar refractivity (Wildman–Crippen MR) is 104 cm³/mol. The van der Waals surface area contributed by atoms with Gasteiger partial charge >= 0.3 is 5.97 Å². The maximum Gasteiger partial charge on any atom is 0.331 e. The Hall–Kier alpha value is -3.15. The molecule has 0 aliphatic rings. The molecule has 0 spiro atoms. The quantitative estimate of drug-likeness (QED) is 0.362. The minimum absolute atomic E-state index is 0.276. The van der Waals surface area contributed by atoms with Gasteiger partial charge < -0.3 is 14.2 Å². The van der Waals surface area contributed by atoms with Gasteiger partial charge in [-0.3, -0.25) is 4.79 Å². The van der Waals surface area contributed by atoms with Crippen molar-refractivity contribution in [1.82, 2.24) is 0 Å². The summed E-state index contributed by atoms with van der Waals surface area (Å²) in [6.07, 6.45) is 1.82. The molecule has 0 saturated heterocycles. The molecule has 6 heteroatoms. The highest BCUT2D eigenvalue weighted by molar-refractivity contribution is 6.01. The average Bonchev–Trinajstić information content (AvgIpc) is 2.68. The fourth-order valence-electron chi connectivity index (χ4n) is 2.45. The molecule has 2 aromatic rings. The summed E-state index contributed by atoms with van der Waals surface area (Å²) < 4.78 is 29.1. The summed E-state index contributed by atoms with van der Waals surface area (Å²) in [5.41, 5.74) is 1.000. The van der Waals surface area contributed by atoms with Crippen molar-refractivity contribution in [2.75, 3.05) is 13.2 Å². The summed E-state index contributed by atoms with van der Waals surface area (Å²) >= 11 is 0. The molecule has 2 aromatic carbocycles. The first-order valence-corrected chi connectivity index (χ1v) is 9.02. The molecule has 2 rings (SSSR count). The summed E-state index contributed by atoms with van der Waals surface area (Å²) in [7, 11) is 0. The fourth-order valence-corrected chi connectivity index (χ4v) is 2.45. The summed E-state index contributed by atoms with van der Waals surface area (Å²) in [4.78, 5) is 24.2. The van der Waals surface area contributed by atoms with Gasteiger partial charge in [-0.15, -0.1) is 0 Å². The van der Waals surface area contributed by atoms with Crippen molar-refractivity contribution < 1.29 is 28.2 Å².